The minimum absolute atomic E-state index is 0.388. The van der Waals surface area contributed by atoms with Crippen molar-refractivity contribution in [3.63, 3.8) is 0 Å². The van der Waals surface area contributed by atoms with E-state index in [2.05, 4.69) is 138 Å². The van der Waals surface area contributed by atoms with Crippen LogP contribution in [0.1, 0.15) is 27.8 Å². The number of aromatic nitrogens is 1. The molecule has 2 aliphatic rings. The lowest BCUT2D eigenvalue weighted by Gasteiger charge is -2.30. The molecule has 9 rings (SSSR count). The maximum Gasteiger partial charge on any atom is 0.101 e. The molecule has 2 nitrogen and oxygen atoms in total. The molecule has 0 amide bonds. The van der Waals surface area contributed by atoms with Crippen molar-refractivity contribution in [2.45, 2.75) is 5.41 Å². The first-order valence-corrected chi connectivity index (χ1v) is 14.6. The average molecular weight is 545 g/mol. The molecule has 0 N–H and O–H groups in total. The lowest BCUT2D eigenvalue weighted by atomic mass is 9.70. The summed E-state index contributed by atoms with van der Waals surface area (Å²) in [6.07, 6.45) is 3.41. The maximum atomic E-state index is 9.32. The van der Waals surface area contributed by atoms with Crippen molar-refractivity contribution in [3.8, 4) is 50.6 Å². The highest BCUT2D eigenvalue weighted by atomic mass is 14.6. The minimum Gasteiger partial charge on any atom is -0.263 e. The van der Waals surface area contributed by atoms with E-state index in [9.17, 15) is 5.26 Å². The van der Waals surface area contributed by atoms with Crippen molar-refractivity contribution in [3.05, 3.63) is 174 Å². The quantitative estimate of drug-likeness (QED) is 0.217. The van der Waals surface area contributed by atoms with E-state index in [0.29, 0.717) is 5.56 Å². The van der Waals surface area contributed by atoms with Crippen LogP contribution in [0.5, 0.6) is 0 Å². The lowest BCUT2D eigenvalue weighted by Crippen LogP contribution is -2.25. The van der Waals surface area contributed by atoms with Crippen LogP contribution in [-0.4, -0.2) is 4.98 Å². The van der Waals surface area contributed by atoms with Gasteiger partial charge in [0.25, 0.3) is 0 Å². The summed E-state index contributed by atoms with van der Waals surface area (Å²) in [5.74, 6) is 0. The second-order valence-electron chi connectivity index (χ2n) is 11.5. The Morgan fingerprint density at radius 1 is 0.488 bits per heavy atom. The summed E-state index contributed by atoms with van der Waals surface area (Å²) >= 11 is 0. The number of pyridine rings is 1. The zero-order valence-electron chi connectivity index (χ0n) is 23.3. The Hall–Kier alpha value is -5.78. The molecule has 2 heteroatoms. The van der Waals surface area contributed by atoms with Gasteiger partial charge in [0.05, 0.1) is 11.0 Å². The van der Waals surface area contributed by atoms with Crippen LogP contribution in [0.2, 0.25) is 0 Å². The molecule has 7 aromatic rings. The molecule has 2 aliphatic carbocycles. The average Bonchev–Trinajstić information content (AvgIpc) is 3.55. The zero-order chi connectivity index (χ0) is 28.5. The van der Waals surface area contributed by atoms with Crippen LogP contribution < -0.4 is 0 Å². The molecule has 6 aromatic carbocycles. The van der Waals surface area contributed by atoms with E-state index in [4.69, 9.17) is 0 Å². The minimum atomic E-state index is -0.388. The Labute approximate surface area is 250 Å². The summed E-state index contributed by atoms with van der Waals surface area (Å²) in [4.78, 5) is 4.25. The molecule has 43 heavy (non-hydrogen) atoms. The van der Waals surface area contributed by atoms with Crippen LogP contribution in [-0.2, 0) is 5.41 Å². The third kappa shape index (κ3) is 3.19. The molecule has 0 bridgehead atoms. The first-order valence-electron chi connectivity index (χ1n) is 14.6. The van der Waals surface area contributed by atoms with Crippen LogP contribution in [0, 0.1) is 11.3 Å². The molecule has 1 heterocycles. The van der Waals surface area contributed by atoms with Crippen molar-refractivity contribution in [2.24, 2.45) is 0 Å². The van der Waals surface area contributed by atoms with Crippen molar-refractivity contribution >= 4 is 10.8 Å². The summed E-state index contributed by atoms with van der Waals surface area (Å²) < 4.78 is 0. The number of nitrogens with zero attached hydrogens (tertiary/aromatic N) is 2. The van der Waals surface area contributed by atoms with Gasteiger partial charge in [0.1, 0.15) is 6.07 Å². The first-order chi connectivity index (χ1) is 21.3. The smallest absolute Gasteiger partial charge is 0.101 e. The van der Waals surface area contributed by atoms with Gasteiger partial charge in [-0.3, -0.25) is 4.98 Å². The summed E-state index contributed by atoms with van der Waals surface area (Å²) in [7, 11) is 0. The Morgan fingerprint density at radius 3 is 1.88 bits per heavy atom. The molecule has 1 aromatic heterocycles. The SMILES string of the molecule is N#Cc1cncc(-c2ccc(-c3ccc4c(c3)C3(c5ccccc5-c5ccccc53)c3ccc5ccccc5c3-4)cc2)c1. The van der Waals surface area contributed by atoms with Crippen LogP contribution in [0.15, 0.2) is 146 Å². The van der Waals surface area contributed by atoms with Gasteiger partial charge < -0.3 is 0 Å². The van der Waals surface area contributed by atoms with E-state index in [1.165, 1.54) is 60.8 Å². The van der Waals surface area contributed by atoms with E-state index in [1.807, 2.05) is 12.3 Å². The topological polar surface area (TPSA) is 36.7 Å². The highest BCUT2D eigenvalue weighted by Crippen LogP contribution is 2.64. The summed E-state index contributed by atoms with van der Waals surface area (Å²) in [5, 5.41) is 11.9. The molecule has 0 atom stereocenters. The highest BCUT2D eigenvalue weighted by Gasteiger charge is 2.51. The van der Waals surface area contributed by atoms with Crippen molar-refractivity contribution in [1.29, 1.82) is 5.26 Å². The molecule has 0 saturated heterocycles. The molecule has 0 unspecified atom stereocenters. The van der Waals surface area contributed by atoms with Crippen molar-refractivity contribution in [1.82, 2.24) is 4.98 Å². The predicted molar refractivity (Wildman–Crippen MR) is 174 cm³/mol. The van der Waals surface area contributed by atoms with Crippen LogP contribution in [0.4, 0.5) is 0 Å². The van der Waals surface area contributed by atoms with E-state index in [0.717, 1.165) is 16.7 Å². The number of hydrogen-bond donors (Lipinski definition) is 0. The Bertz CT molecular complexity index is 2260. The zero-order valence-corrected chi connectivity index (χ0v) is 23.3. The standard InChI is InChI=1S/C41H24N2/c42-23-26-21-31(25-43-24-26)28-15-13-27(14-16-28)30-17-19-35-39(22-30)41(38-20-18-29-7-1-2-8-32(29)40(35)38)36-11-5-3-9-33(36)34-10-4-6-12-37(34)41/h1-22,24-25H. The van der Waals surface area contributed by atoms with Gasteiger partial charge >= 0.3 is 0 Å². The number of benzene rings is 6. The third-order valence-electron chi connectivity index (χ3n) is 9.40. The van der Waals surface area contributed by atoms with E-state index >= 15 is 0 Å². The monoisotopic (exact) mass is 544 g/mol. The Balaban J connectivity index is 1.30. The van der Waals surface area contributed by atoms with Crippen LogP contribution >= 0.6 is 0 Å². The molecule has 0 aliphatic heterocycles. The van der Waals surface area contributed by atoms with Crippen LogP contribution in [0.25, 0.3) is 55.3 Å². The third-order valence-corrected chi connectivity index (χ3v) is 9.40. The van der Waals surface area contributed by atoms with Gasteiger partial charge in [0.2, 0.25) is 0 Å². The second-order valence-corrected chi connectivity index (χ2v) is 11.5. The number of rotatable bonds is 2. The van der Waals surface area contributed by atoms with Gasteiger partial charge in [0.15, 0.2) is 0 Å². The fourth-order valence-electron chi connectivity index (χ4n) is 7.60. The summed E-state index contributed by atoms with van der Waals surface area (Å²) in [6, 6.07) is 51.0. The molecular formula is C41H24N2. The van der Waals surface area contributed by atoms with Gasteiger partial charge in [-0.15, -0.1) is 0 Å². The van der Waals surface area contributed by atoms with E-state index < -0.39 is 0 Å². The summed E-state index contributed by atoms with van der Waals surface area (Å²) in [5.41, 5.74) is 15.2. The molecule has 0 fully saturated rings. The number of nitriles is 1. The fraction of sp³-hybridized carbons (Fsp3) is 0.0244. The number of fused-ring (bicyclic) bond motifs is 12. The van der Waals surface area contributed by atoms with Crippen LogP contribution in [0.3, 0.4) is 0 Å². The second kappa shape index (κ2) is 8.86. The molecular weight excluding hydrogens is 520 g/mol. The molecule has 198 valence electrons. The normalized spacial score (nSPS) is 13.3. The van der Waals surface area contributed by atoms with E-state index in [1.54, 1.807) is 6.20 Å². The Morgan fingerprint density at radius 2 is 1.14 bits per heavy atom. The summed E-state index contributed by atoms with van der Waals surface area (Å²) in [6.45, 7) is 0. The van der Waals surface area contributed by atoms with Crippen molar-refractivity contribution in [2.75, 3.05) is 0 Å². The molecule has 1 spiro atoms. The highest BCUT2D eigenvalue weighted by molar-refractivity contribution is 6.06. The van der Waals surface area contributed by atoms with Gasteiger partial charge in [0, 0.05) is 18.0 Å². The Kier molecular flexibility index (Phi) is 4.92. The van der Waals surface area contributed by atoms with Gasteiger partial charge in [-0.1, -0.05) is 121 Å². The first kappa shape index (κ1) is 23.9. The largest absolute Gasteiger partial charge is 0.263 e. The lowest BCUT2D eigenvalue weighted by molar-refractivity contribution is 0.795. The van der Waals surface area contributed by atoms with Gasteiger partial charge in [-0.2, -0.15) is 5.26 Å². The van der Waals surface area contributed by atoms with Gasteiger partial charge in [-0.25, -0.2) is 0 Å². The van der Waals surface area contributed by atoms with Gasteiger partial charge in [-0.05, 0) is 84.1 Å². The van der Waals surface area contributed by atoms with Crippen molar-refractivity contribution < 1.29 is 0 Å². The molecule has 0 saturated carbocycles. The maximum absolute atomic E-state index is 9.32. The fourth-order valence-corrected chi connectivity index (χ4v) is 7.60. The van der Waals surface area contributed by atoms with E-state index in [-0.39, 0.29) is 5.41 Å². The predicted octanol–water partition coefficient (Wildman–Crippen LogP) is 9.78. The molecule has 0 radical (unpaired) electrons. The number of hydrogen-bond acceptors (Lipinski definition) is 2.